The van der Waals surface area contributed by atoms with Crippen LogP contribution in [0.3, 0.4) is 0 Å². The van der Waals surface area contributed by atoms with Crippen molar-refractivity contribution in [1.82, 2.24) is 0 Å². The zero-order valence-electron chi connectivity index (χ0n) is 15.1. The largest absolute Gasteiger partial charge is 0.493 e. The van der Waals surface area contributed by atoms with E-state index >= 15 is 0 Å². The minimum atomic E-state index is -0.608. The van der Waals surface area contributed by atoms with Crippen molar-refractivity contribution in [2.75, 3.05) is 20.8 Å². The van der Waals surface area contributed by atoms with Crippen LogP contribution in [-0.2, 0) is 4.79 Å². The van der Waals surface area contributed by atoms with Crippen molar-refractivity contribution in [3.8, 4) is 29.1 Å². The molecule has 0 atom stereocenters. The number of methoxy groups -OCH3 is 2. The molecule has 140 valence electrons. The van der Waals surface area contributed by atoms with Gasteiger partial charge < -0.3 is 18.9 Å². The van der Waals surface area contributed by atoms with Crippen LogP contribution in [-0.4, -0.2) is 26.8 Å². The normalized spacial score (nSPS) is 10.3. The molecule has 0 aliphatic carbocycles. The Morgan fingerprint density at radius 3 is 2.56 bits per heavy atom. The van der Waals surface area contributed by atoms with Crippen LogP contribution >= 0.6 is 11.6 Å². The molecule has 0 bridgehead atoms. The number of nitriles is 1. The number of hydrogen-bond acceptors (Lipinski definition) is 6. The first-order chi connectivity index (χ1) is 13.0. The van der Waals surface area contributed by atoms with E-state index in [0.29, 0.717) is 40.0 Å². The van der Waals surface area contributed by atoms with Crippen molar-refractivity contribution in [2.24, 2.45) is 0 Å². The Kier molecular flexibility index (Phi) is 7.09. The molecule has 2 aromatic rings. The predicted molar refractivity (Wildman–Crippen MR) is 102 cm³/mol. The fourth-order valence-corrected chi connectivity index (χ4v) is 2.57. The first-order valence-electron chi connectivity index (χ1n) is 8.00. The van der Waals surface area contributed by atoms with Gasteiger partial charge in [0.05, 0.1) is 37.5 Å². The molecule has 2 rings (SSSR count). The van der Waals surface area contributed by atoms with Crippen molar-refractivity contribution < 1.29 is 23.7 Å². The topological polar surface area (TPSA) is 77.8 Å². The highest BCUT2D eigenvalue weighted by molar-refractivity contribution is 6.32. The average molecular weight is 388 g/mol. The highest BCUT2D eigenvalue weighted by Gasteiger charge is 2.12. The van der Waals surface area contributed by atoms with Crippen LogP contribution in [0.4, 0.5) is 0 Å². The summed E-state index contributed by atoms with van der Waals surface area (Å²) in [5, 5.41) is 9.27. The van der Waals surface area contributed by atoms with Crippen molar-refractivity contribution in [2.45, 2.75) is 6.92 Å². The first kappa shape index (κ1) is 20.1. The van der Waals surface area contributed by atoms with E-state index in [1.807, 2.05) is 13.0 Å². The molecule has 0 aromatic heterocycles. The number of esters is 1. The number of hydrogen-bond donors (Lipinski definition) is 0. The van der Waals surface area contributed by atoms with E-state index in [9.17, 15) is 4.79 Å². The monoisotopic (exact) mass is 387 g/mol. The molecule has 0 radical (unpaired) electrons. The average Bonchev–Trinajstić information content (AvgIpc) is 2.67. The molecule has 0 unspecified atom stereocenters. The van der Waals surface area contributed by atoms with Gasteiger partial charge in [-0.05, 0) is 42.8 Å². The molecular weight excluding hydrogens is 370 g/mol. The van der Waals surface area contributed by atoms with E-state index in [4.69, 9.17) is 35.8 Å². The molecular formula is C20H18ClNO5. The van der Waals surface area contributed by atoms with Crippen LogP contribution in [0.5, 0.6) is 23.0 Å². The fourth-order valence-electron chi connectivity index (χ4n) is 2.27. The lowest BCUT2D eigenvalue weighted by atomic mass is 10.2. The maximum Gasteiger partial charge on any atom is 0.336 e. The molecule has 6 nitrogen and oxygen atoms in total. The molecule has 0 heterocycles. The van der Waals surface area contributed by atoms with Gasteiger partial charge in [-0.15, -0.1) is 0 Å². The minimum Gasteiger partial charge on any atom is -0.493 e. The van der Waals surface area contributed by atoms with Crippen LogP contribution in [0.2, 0.25) is 5.02 Å². The third kappa shape index (κ3) is 5.16. The van der Waals surface area contributed by atoms with E-state index in [1.165, 1.54) is 38.5 Å². The van der Waals surface area contributed by atoms with Gasteiger partial charge in [-0.25, -0.2) is 4.79 Å². The van der Waals surface area contributed by atoms with Crippen LogP contribution in [0, 0.1) is 11.3 Å². The van der Waals surface area contributed by atoms with Gasteiger partial charge in [0, 0.05) is 12.1 Å². The van der Waals surface area contributed by atoms with Gasteiger partial charge in [0.1, 0.15) is 0 Å². The second-order valence-corrected chi connectivity index (χ2v) is 5.61. The molecule has 7 heteroatoms. The van der Waals surface area contributed by atoms with Crippen LogP contribution < -0.4 is 18.9 Å². The smallest absolute Gasteiger partial charge is 0.336 e. The zero-order chi connectivity index (χ0) is 19.8. The maximum absolute atomic E-state index is 12.1. The van der Waals surface area contributed by atoms with Gasteiger partial charge in [-0.1, -0.05) is 11.6 Å². The lowest BCUT2D eigenvalue weighted by Gasteiger charge is -2.11. The van der Waals surface area contributed by atoms with Gasteiger partial charge in [0.2, 0.25) is 0 Å². The molecule has 0 spiro atoms. The van der Waals surface area contributed by atoms with Crippen LogP contribution in [0.25, 0.3) is 6.08 Å². The quantitative estimate of drug-likeness (QED) is 0.401. The van der Waals surface area contributed by atoms with E-state index in [1.54, 1.807) is 18.2 Å². The summed E-state index contributed by atoms with van der Waals surface area (Å²) in [5.41, 5.74) is 1.05. The molecule has 0 N–H and O–H groups in total. The van der Waals surface area contributed by atoms with Crippen LogP contribution in [0.1, 0.15) is 18.1 Å². The molecule has 0 aliphatic heterocycles. The summed E-state index contributed by atoms with van der Waals surface area (Å²) in [6, 6.07) is 9.87. The Hall–Kier alpha value is -3.17. The summed E-state index contributed by atoms with van der Waals surface area (Å²) in [6.45, 7) is 2.29. The van der Waals surface area contributed by atoms with Crippen molar-refractivity contribution in [1.29, 1.82) is 5.26 Å². The summed E-state index contributed by atoms with van der Waals surface area (Å²) in [7, 11) is 2.93. The highest BCUT2D eigenvalue weighted by atomic mass is 35.5. The number of rotatable bonds is 7. The molecule has 0 fully saturated rings. The summed E-state index contributed by atoms with van der Waals surface area (Å²) in [6.07, 6.45) is 2.80. The number of halogens is 1. The number of carbonyl (C=O) groups is 1. The SMILES string of the molecule is CCOc1cc(/C=C/C(=O)Oc2ccc(C#N)cc2OC)cc(Cl)c1OC. The van der Waals surface area contributed by atoms with Gasteiger partial charge in [-0.2, -0.15) is 5.26 Å². The zero-order valence-corrected chi connectivity index (χ0v) is 15.9. The van der Waals surface area contributed by atoms with E-state index in [-0.39, 0.29) is 5.75 Å². The molecule has 2 aromatic carbocycles. The number of carbonyl (C=O) groups excluding carboxylic acids is 1. The minimum absolute atomic E-state index is 0.217. The van der Waals surface area contributed by atoms with E-state index in [0.717, 1.165) is 0 Å². The third-order valence-corrected chi connectivity index (χ3v) is 3.73. The molecule has 0 saturated heterocycles. The second kappa shape index (κ2) is 9.51. The predicted octanol–water partition coefficient (Wildman–Crippen LogP) is 4.25. The molecule has 0 saturated carbocycles. The maximum atomic E-state index is 12.1. The summed E-state index contributed by atoms with van der Waals surface area (Å²) < 4.78 is 21.1. The number of benzene rings is 2. The lowest BCUT2D eigenvalue weighted by Crippen LogP contribution is -2.05. The first-order valence-corrected chi connectivity index (χ1v) is 8.38. The van der Waals surface area contributed by atoms with Crippen LogP contribution in [0.15, 0.2) is 36.4 Å². The number of nitrogens with zero attached hydrogens (tertiary/aromatic N) is 1. The van der Waals surface area contributed by atoms with Gasteiger partial charge in [-0.3, -0.25) is 0 Å². The Balaban J connectivity index is 2.19. The Morgan fingerprint density at radius 2 is 1.93 bits per heavy atom. The fraction of sp³-hybridized carbons (Fsp3) is 0.200. The van der Waals surface area contributed by atoms with Gasteiger partial charge in [0.15, 0.2) is 23.0 Å². The molecule has 27 heavy (non-hydrogen) atoms. The Labute approximate surface area is 162 Å². The molecule has 0 amide bonds. The standard InChI is InChI=1S/C20H18ClNO5/c1-4-26-18-10-13(9-15(21)20(18)25-3)6-8-19(23)27-16-7-5-14(12-22)11-17(16)24-2/h5-11H,4H2,1-3H3/b8-6+. The third-order valence-electron chi connectivity index (χ3n) is 3.45. The summed E-state index contributed by atoms with van der Waals surface area (Å²) in [5.74, 6) is 0.814. The number of ether oxygens (including phenoxy) is 4. The Bertz CT molecular complexity index is 902. The lowest BCUT2D eigenvalue weighted by molar-refractivity contribution is -0.129. The van der Waals surface area contributed by atoms with Crippen molar-refractivity contribution >= 4 is 23.6 Å². The highest BCUT2D eigenvalue weighted by Crippen LogP contribution is 2.36. The van der Waals surface area contributed by atoms with Gasteiger partial charge in [0.25, 0.3) is 0 Å². The van der Waals surface area contributed by atoms with E-state index < -0.39 is 5.97 Å². The van der Waals surface area contributed by atoms with Gasteiger partial charge >= 0.3 is 5.97 Å². The summed E-state index contributed by atoms with van der Waals surface area (Å²) in [4.78, 5) is 12.1. The van der Waals surface area contributed by atoms with Crippen molar-refractivity contribution in [3.63, 3.8) is 0 Å². The van der Waals surface area contributed by atoms with E-state index in [2.05, 4.69) is 0 Å². The Morgan fingerprint density at radius 1 is 1.15 bits per heavy atom. The molecule has 0 aliphatic rings. The second-order valence-electron chi connectivity index (χ2n) is 5.20. The summed E-state index contributed by atoms with van der Waals surface area (Å²) >= 11 is 6.19. The van der Waals surface area contributed by atoms with Crippen molar-refractivity contribution in [3.05, 3.63) is 52.6 Å².